The number of hydrogen-bond acceptors (Lipinski definition) is 3. The van der Waals surface area contributed by atoms with Crippen molar-refractivity contribution in [2.75, 3.05) is 0 Å². The molecular weight excluding hydrogens is 453 g/mol. The minimum absolute atomic E-state index is 0.0178. The highest BCUT2D eigenvalue weighted by molar-refractivity contribution is 7.53. The van der Waals surface area contributed by atoms with Gasteiger partial charge in [0.25, 0.3) is 0 Å². The van der Waals surface area contributed by atoms with Gasteiger partial charge in [-0.2, -0.15) is 0 Å². The number of rotatable bonds is 14. The van der Waals surface area contributed by atoms with E-state index in [1.54, 1.807) is 36.4 Å². The Morgan fingerprint density at radius 3 is 2.03 bits per heavy atom. The predicted octanol–water partition coefficient (Wildman–Crippen LogP) is 5.15. The van der Waals surface area contributed by atoms with Crippen molar-refractivity contribution in [1.82, 2.24) is 5.32 Å². The molecule has 0 saturated carbocycles. The van der Waals surface area contributed by atoms with Crippen LogP contribution in [0.25, 0.3) is 0 Å². The summed E-state index contributed by atoms with van der Waals surface area (Å²) in [6.07, 6.45) is 9.36. The number of allylic oxidation sites excluding steroid dienone is 6. The summed E-state index contributed by atoms with van der Waals surface area (Å²) in [6.45, 7) is 8.09. The number of carbonyl (C=O) groups excluding carboxylic acids is 1. The lowest BCUT2D eigenvalue weighted by Crippen LogP contribution is -2.46. The van der Waals surface area contributed by atoms with Crippen LogP contribution >= 0.6 is 7.60 Å². The number of carboxylic acids is 1. The molecule has 2 atom stereocenters. The van der Waals surface area contributed by atoms with Gasteiger partial charge in [0.2, 0.25) is 5.91 Å². The molecule has 4 N–H and O–H groups in total. The minimum atomic E-state index is -4.79. The first kappa shape index (κ1) is 29.6. The van der Waals surface area contributed by atoms with E-state index in [1.165, 1.54) is 11.1 Å². The predicted molar refractivity (Wildman–Crippen MR) is 136 cm³/mol. The Labute approximate surface area is 202 Å². The van der Waals surface area contributed by atoms with Gasteiger partial charge in [0, 0.05) is 6.42 Å². The second-order valence-corrected chi connectivity index (χ2v) is 10.7. The maximum atomic E-state index is 12.6. The van der Waals surface area contributed by atoms with Crippen molar-refractivity contribution in [3.63, 3.8) is 0 Å². The molecule has 0 aliphatic rings. The number of aliphatic carboxylic acids is 1. The van der Waals surface area contributed by atoms with E-state index in [1.807, 2.05) is 6.92 Å². The highest BCUT2D eigenvalue weighted by atomic mass is 31.2. The first-order valence-corrected chi connectivity index (χ1v) is 13.1. The first-order valence-electron chi connectivity index (χ1n) is 11.5. The van der Waals surface area contributed by atoms with E-state index in [0.717, 1.165) is 24.8 Å². The maximum Gasteiger partial charge on any atom is 0.338 e. The lowest BCUT2D eigenvalue weighted by Gasteiger charge is -2.20. The van der Waals surface area contributed by atoms with Crippen LogP contribution in [0.15, 0.2) is 65.3 Å². The molecule has 0 fully saturated rings. The summed E-state index contributed by atoms with van der Waals surface area (Å²) in [4.78, 5) is 43.7. The van der Waals surface area contributed by atoms with Crippen molar-refractivity contribution in [2.24, 2.45) is 0 Å². The lowest BCUT2D eigenvalue weighted by molar-refractivity contribution is -0.141. The van der Waals surface area contributed by atoms with Crippen LogP contribution in [-0.2, 0) is 20.6 Å². The molecular formula is C26H38NO6P. The summed E-state index contributed by atoms with van der Waals surface area (Å²) in [5, 5.41) is 11.8. The summed E-state index contributed by atoms with van der Waals surface area (Å²) in [6, 6.07) is 7.47. The molecule has 1 aromatic rings. The largest absolute Gasteiger partial charge is 0.480 e. The Morgan fingerprint density at radius 2 is 1.50 bits per heavy atom. The van der Waals surface area contributed by atoms with Crippen LogP contribution < -0.4 is 5.32 Å². The molecule has 0 bridgehead atoms. The van der Waals surface area contributed by atoms with Gasteiger partial charge in [-0.1, -0.05) is 65.3 Å². The third-order valence-corrected chi connectivity index (χ3v) is 6.68. The number of carbonyl (C=O) groups is 2. The Balaban J connectivity index is 2.74. The molecule has 1 amide bonds. The zero-order valence-corrected chi connectivity index (χ0v) is 21.4. The van der Waals surface area contributed by atoms with Crippen LogP contribution in [0.4, 0.5) is 0 Å². The van der Waals surface area contributed by atoms with Crippen LogP contribution in [0.1, 0.15) is 65.4 Å². The van der Waals surface area contributed by atoms with Crippen LogP contribution in [0.5, 0.6) is 0 Å². The van der Waals surface area contributed by atoms with Crippen molar-refractivity contribution in [3.8, 4) is 0 Å². The first-order chi connectivity index (χ1) is 15.9. The molecule has 0 heterocycles. The van der Waals surface area contributed by atoms with E-state index in [-0.39, 0.29) is 12.8 Å². The van der Waals surface area contributed by atoms with Gasteiger partial charge in [-0.15, -0.1) is 0 Å². The van der Waals surface area contributed by atoms with Crippen molar-refractivity contribution < 1.29 is 29.0 Å². The Hall–Kier alpha value is -2.47. The fourth-order valence-electron chi connectivity index (χ4n) is 3.37. The second-order valence-electron chi connectivity index (χ2n) is 8.89. The van der Waals surface area contributed by atoms with Gasteiger partial charge in [-0.25, -0.2) is 4.79 Å². The summed E-state index contributed by atoms with van der Waals surface area (Å²) < 4.78 is 12.0. The van der Waals surface area contributed by atoms with Gasteiger partial charge in [-0.05, 0) is 65.4 Å². The van der Waals surface area contributed by atoms with E-state index in [9.17, 15) is 29.0 Å². The van der Waals surface area contributed by atoms with E-state index >= 15 is 0 Å². The Morgan fingerprint density at radius 1 is 0.941 bits per heavy atom. The summed E-state index contributed by atoms with van der Waals surface area (Å²) in [5.41, 5.74) is 2.56. The number of benzene rings is 1. The van der Waals surface area contributed by atoms with E-state index < -0.39 is 31.2 Å². The lowest BCUT2D eigenvalue weighted by atomic mass is 10.0. The van der Waals surface area contributed by atoms with Crippen molar-refractivity contribution >= 4 is 19.5 Å². The molecule has 0 spiro atoms. The van der Waals surface area contributed by atoms with Crippen molar-refractivity contribution in [3.05, 3.63) is 70.8 Å². The molecule has 1 unspecified atom stereocenters. The fourth-order valence-corrected chi connectivity index (χ4v) is 4.13. The fraction of sp³-hybridized carbons (Fsp3) is 0.462. The van der Waals surface area contributed by atoms with Gasteiger partial charge in [0.1, 0.15) is 11.7 Å². The van der Waals surface area contributed by atoms with E-state index in [4.69, 9.17) is 0 Å². The quantitative estimate of drug-likeness (QED) is 0.211. The number of amides is 1. The average Bonchev–Trinajstić information content (AvgIpc) is 2.72. The highest BCUT2D eigenvalue weighted by Gasteiger charge is 2.36. The summed E-state index contributed by atoms with van der Waals surface area (Å²) >= 11 is 0. The summed E-state index contributed by atoms with van der Waals surface area (Å²) in [5.74, 6) is -2.23. The Kier molecular flexibility index (Phi) is 12.8. The minimum Gasteiger partial charge on any atom is -0.480 e. The zero-order chi connectivity index (χ0) is 25.7. The monoisotopic (exact) mass is 491 g/mol. The van der Waals surface area contributed by atoms with Crippen LogP contribution in [0, 0.1) is 0 Å². The van der Waals surface area contributed by atoms with Gasteiger partial charge < -0.3 is 20.2 Å². The molecule has 0 radical (unpaired) electrons. The second kappa shape index (κ2) is 14.7. The smallest absolute Gasteiger partial charge is 0.338 e. The normalized spacial score (nSPS) is 14.3. The number of carboxylic acid groups (broad SMARTS) is 1. The van der Waals surface area contributed by atoms with Gasteiger partial charge >= 0.3 is 13.6 Å². The molecule has 0 aliphatic heterocycles. The standard InChI is InChI=1S/C26H38NO6P/c1-19(2)10-8-11-20(3)12-9-13-21(4)16-17-24(34(31,32)33)25(28)27-23(26(29)30)18-22-14-6-5-7-15-22/h5-7,10,12,14-16,23-24H,8-9,11,13,17-18H2,1-4H3,(H,27,28)(H,29,30)(H2,31,32,33)/b20-12+,21-16+/t23-,24?/m0/s1. The number of nitrogens with one attached hydrogen (secondary N) is 1. The molecule has 1 rings (SSSR count). The Bertz CT molecular complexity index is 941. The maximum absolute atomic E-state index is 12.6. The van der Waals surface area contributed by atoms with Crippen LogP contribution in [0.2, 0.25) is 0 Å². The molecule has 0 aromatic heterocycles. The third kappa shape index (κ3) is 12.1. The van der Waals surface area contributed by atoms with E-state index in [0.29, 0.717) is 12.0 Å². The third-order valence-electron chi connectivity index (χ3n) is 5.42. The average molecular weight is 492 g/mol. The molecule has 8 heteroatoms. The molecule has 1 aromatic carbocycles. The summed E-state index contributed by atoms with van der Waals surface area (Å²) in [7, 11) is -4.79. The SMILES string of the molecule is CC(C)=CCC/C(C)=C/CC/C(C)=C/CC(C(=O)N[C@@H](Cc1ccccc1)C(=O)O)P(=O)(O)O. The highest BCUT2D eigenvalue weighted by Crippen LogP contribution is 2.43. The molecule has 0 aliphatic carbocycles. The van der Waals surface area contributed by atoms with Gasteiger partial charge in [-0.3, -0.25) is 9.36 Å². The topological polar surface area (TPSA) is 124 Å². The van der Waals surface area contributed by atoms with Crippen LogP contribution in [-0.4, -0.2) is 38.5 Å². The van der Waals surface area contributed by atoms with Gasteiger partial charge in [0.15, 0.2) is 0 Å². The zero-order valence-electron chi connectivity index (χ0n) is 20.5. The molecule has 7 nitrogen and oxygen atoms in total. The molecule has 34 heavy (non-hydrogen) atoms. The molecule has 0 saturated heterocycles. The van der Waals surface area contributed by atoms with Crippen molar-refractivity contribution in [2.45, 2.75) is 77.9 Å². The van der Waals surface area contributed by atoms with Crippen molar-refractivity contribution in [1.29, 1.82) is 0 Å². The van der Waals surface area contributed by atoms with Gasteiger partial charge in [0.05, 0.1) is 0 Å². The molecule has 188 valence electrons. The van der Waals surface area contributed by atoms with Crippen LogP contribution in [0.3, 0.4) is 0 Å². The van der Waals surface area contributed by atoms with E-state index in [2.05, 4.69) is 38.2 Å². The number of hydrogen-bond donors (Lipinski definition) is 4.